The summed E-state index contributed by atoms with van der Waals surface area (Å²) >= 11 is 7.13. The van der Waals surface area contributed by atoms with Crippen molar-refractivity contribution in [3.8, 4) is 0 Å². The fraction of sp³-hybridized carbons (Fsp3) is 0. The molecule has 0 atom stereocenters. The summed E-state index contributed by atoms with van der Waals surface area (Å²) in [7, 11) is 0. The van der Waals surface area contributed by atoms with Crippen molar-refractivity contribution in [3.05, 3.63) is 22.4 Å². The molecular formula is C6H5BrFNS. The summed E-state index contributed by atoms with van der Waals surface area (Å²) in [5.41, 5.74) is 5.36. The molecule has 0 saturated carbocycles. The first-order valence-electron chi connectivity index (χ1n) is 2.54. The molecule has 54 valence electrons. The van der Waals surface area contributed by atoms with Crippen LogP contribution in [0.1, 0.15) is 0 Å². The van der Waals surface area contributed by atoms with Gasteiger partial charge in [-0.2, -0.15) is 0 Å². The molecule has 0 saturated heterocycles. The van der Waals surface area contributed by atoms with E-state index in [1.807, 2.05) is 0 Å². The Bertz CT molecular complexity index is 214. The van der Waals surface area contributed by atoms with Crippen molar-refractivity contribution in [2.24, 2.45) is 0 Å². The fourth-order valence-electron chi connectivity index (χ4n) is 0.554. The Balaban J connectivity index is 3.28. The minimum atomic E-state index is -0.426. The van der Waals surface area contributed by atoms with Crippen LogP contribution in [0.4, 0.5) is 10.1 Å². The minimum absolute atomic E-state index is 0.119. The number of halogens is 2. The molecule has 0 heterocycles. The van der Waals surface area contributed by atoms with Crippen molar-refractivity contribution in [1.29, 1.82) is 0 Å². The van der Waals surface area contributed by atoms with Gasteiger partial charge in [-0.1, -0.05) is 0 Å². The maximum Gasteiger partial charge on any atom is 0.147 e. The molecule has 0 unspecified atom stereocenters. The first-order chi connectivity index (χ1) is 4.61. The number of thiol groups is 1. The maximum atomic E-state index is 12.6. The Hall–Kier alpha value is -0.220. The summed E-state index contributed by atoms with van der Waals surface area (Å²) in [5, 5.41) is 0. The van der Waals surface area contributed by atoms with Crippen LogP contribution < -0.4 is 5.73 Å². The Labute approximate surface area is 72.0 Å². The summed E-state index contributed by atoms with van der Waals surface area (Å²) < 4.78 is 13.2. The van der Waals surface area contributed by atoms with E-state index in [1.54, 1.807) is 0 Å². The van der Waals surface area contributed by atoms with Gasteiger partial charge in [0.2, 0.25) is 0 Å². The molecule has 0 amide bonds. The van der Waals surface area contributed by atoms with E-state index in [-0.39, 0.29) is 5.69 Å². The highest BCUT2D eigenvalue weighted by Crippen LogP contribution is 2.24. The molecule has 0 bridgehead atoms. The van der Waals surface area contributed by atoms with Crippen LogP contribution in [0.25, 0.3) is 0 Å². The van der Waals surface area contributed by atoms with Gasteiger partial charge in [0.05, 0.1) is 5.69 Å². The number of rotatable bonds is 0. The van der Waals surface area contributed by atoms with Crippen molar-refractivity contribution in [3.63, 3.8) is 0 Å². The Morgan fingerprint density at radius 1 is 1.50 bits per heavy atom. The first-order valence-corrected chi connectivity index (χ1v) is 3.79. The number of anilines is 1. The second-order valence-corrected chi connectivity index (χ2v) is 3.16. The average Bonchev–Trinajstić information content (AvgIpc) is 1.84. The molecule has 1 nitrogen and oxygen atoms in total. The summed E-state index contributed by atoms with van der Waals surface area (Å²) in [6.07, 6.45) is 0. The normalized spacial score (nSPS) is 9.90. The van der Waals surface area contributed by atoms with Gasteiger partial charge in [-0.25, -0.2) is 4.39 Å². The van der Waals surface area contributed by atoms with E-state index in [2.05, 4.69) is 28.6 Å². The van der Waals surface area contributed by atoms with E-state index >= 15 is 0 Å². The van der Waals surface area contributed by atoms with Gasteiger partial charge in [-0.3, -0.25) is 0 Å². The molecule has 0 aromatic heterocycles. The van der Waals surface area contributed by atoms with Crippen LogP contribution in [0.2, 0.25) is 0 Å². The Kier molecular flexibility index (Phi) is 2.21. The predicted octanol–water partition coefficient (Wildman–Crippen LogP) is 2.46. The molecule has 4 heteroatoms. The summed E-state index contributed by atoms with van der Waals surface area (Å²) in [6.45, 7) is 0. The molecule has 0 aliphatic heterocycles. The van der Waals surface area contributed by atoms with Crippen molar-refractivity contribution in [1.82, 2.24) is 0 Å². The quantitative estimate of drug-likeness (QED) is 0.511. The second kappa shape index (κ2) is 2.80. The highest BCUT2D eigenvalue weighted by molar-refractivity contribution is 9.10. The molecular weight excluding hydrogens is 217 g/mol. The van der Waals surface area contributed by atoms with E-state index < -0.39 is 5.82 Å². The van der Waals surface area contributed by atoms with Gasteiger partial charge in [-0.05, 0) is 28.1 Å². The van der Waals surface area contributed by atoms with Gasteiger partial charge in [0, 0.05) is 9.37 Å². The third-order valence-corrected chi connectivity index (χ3v) is 2.40. The van der Waals surface area contributed by atoms with Crippen LogP contribution in [0.5, 0.6) is 0 Å². The lowest BCUT2D eigenvalue weighted by molar-refractivity contribution is 0.630. The molecule has 1 aromatic rings. The first kappa shape index (κ1) is 7.88. The minimum Gasteiger partial charge on any atom is -0.396 e. The molecule has 0 aliphatic carbocycles. The Morgan fingerprint density at radius 3 is 2.60 bits per heavy atom. The van der Waals surface area contributed by atoms with E-state index in [1.165, 1.54) is 12.1 Å². The largest absolute Gasteiger partial charge is 0.396 e. The predicted molar refractivity (Wildman–Crippen MR) is 45.8 cm³/mol. The zero-order chi connectivity index (χ0) is 7.72. The lowest BCUT2D eigenvalue weighted by atomic mass is 10.3. The van der Waals surface area contributed by atoms with E-state index in [9.17, 15) is 4.39 Å². The van der Waals surface area contributed by atoms with Crippen molar-refractivity contribution < 1.29 is 4.39 Å². The van der Waals surface area contributed by atoms with Crippen molar-refractivity contribution in [2.75, 3.05) is 5.73 Å². The molecule has 0 fully saturated rings. The lowest BCUT2D eigenvalue weighted by Crippen LogP contribution is -1.89. The third kappa shape index (κ3) is 1.44. The van der Waals surface area contributed by atoms with Crippen molar-refractivity contribution in [2.45, 2.75) is 4.90 Å². The van der Waals surface area contributed by atoms with E-state index in [4.69, 9.17) is 5.73 Å². The zero-order valence-electron chi connectivity index (χ0n) is 4.94. The second-order valence-electron chi connectivity index (χ2n) is 1.83. The zero-order valence-corrected chi connectivity index (χ0v) is 7.42. The summed E-state index contributed by atoms with van der Waals surface area (Å²) in [6, 6.07) is 2.75. The maximum absolute atomic E-state index is 12.6. The molecule has 0 spiro atoms. The topological polar surface area (TPSA) is 26.0 Å². The van der Waals surface area contributed by atoms with Gasteiger partial charge in [0.15, 0.2) is 0 Å². The summed E-state index contributed by atoms with van der Waals surface area (Å²) in [4.78, 5) is 0.638. The molecule has 0 aliphatic rings. The van der Waals surface area contributed by atoms with Gasteiger partial charge in [0.1, 0.15) is 5.82 Å². The van der Waals surface area contributed by atoms with E-state index in [0.29, 0.717) is 9.37 Å². The van der Waals surface area contributed by atoms with Gasteiger partial charge >= 0.3 is 0 Å². The van der Waals surface area contributed by atoms with Crippen LogP contribution in [0.15, 0.2) is 21.5 Å². The van der Waals surface area contributed by atoms with Crippen LogP contribution in [-0.4, -0.2) is 0 Å². The number of hydrogen-bond acceptors (Lipinski definition) is 2. The van der Waals surface area contributed by atoms with Crippen LogP contribution >= 0.6 is 28.6 Å². The molecule has 1 rings (SSSR count). The third-order valence-electron chi connectivity index (χ3n) is 1.07. The Morgan fingerprint density at radius 2 is 2.10 bits per heavy atom. The van der Waals surface area contributed by atoms with Gasteiger partial charge in [0.25, 0.3) is 0 Å². The number of hydrogen-bond donors (Lipinski definition) is 2. The molecule has 0 radical (unpaired) electrons. The molecule has 2 N–H and O–H groups in total. The smallest absolute Gasteiger partial charge is 0.147 e. The number of nitrogen functional groups attached to an aromatic ring is 1. The molecule has 10 heavy (non-hydrogen) atoms. The van der Waals surface area contributed by atoms with Crippen LogP contribution in [-0.2, 0) is 0 Å². The number of nitrogens with two attached hydrogens (primary N) is 1. The van der Waals surface area contributed by atoms with Gasteiger partial charge < -0.3 is 5.73 Å². The average molecular weight is 222 g/mol. The van der Waals surface area contributed by atoms with Crippen LogP contribution in [0, 0.1) is 5.82 Å². The monoisotopic (exact) mass is 221 g/mol. The molecule has 1 aromatic carbocycles. The SMILES string of the molecule is Nc1cc(S)c(Br)cc1F. The van der Waals surface area contributed by atoms with Gasteiger partial charge in [-0.15, -0.1) is 12.6 Å². The highest BCUT2D eigenvalue weighted by atomic mass is 79.9. The van der Waals surface area contributed by atoms with Crippen molar-refractivity contribution >= 4 is 34.2 Å². The van der Waals surface area contributed by atoms with E-state index in [0.717, 1.165) is 0 Å². The number of benzene rings is 1. The lowest BCUT2D eigenvalue weighted by Gasteiger charge is -1.99. The van der Waals surface area contributed by atoms with Crippen LogP contribution in [0.3, 0.4) is 0 Å². The standard InChI is InChI=1S/C6H5BrFNS/c7-3-1-4(8)5(9)2-6(3)10/h1-2,10H,9H2. The highest BCUT2D eigenvalue weighted by Gasteiger charge is 2.01. The summed E-state index contributed by atoms with van der Waals surface area (Å²) in [5.74, 6) is -0.426. The fourth-order valence-corrected chi connectivity index (χ4v) is 1.07.